The first-order valence-electron chi connectivity index (χ1n) is 5.57. The Morgan fingerprint density at radius 1 is 1.37 bits per heavy atom. The Balaban J connectivity index is 1.98. The van der Waals surface area contributed by atoms with Crippen LogP contribution in [0.25, 0.3) is 23.1 Å². The highest BCUT2D eigenvalue weighted by atomic mass is 16.5. The molecule has 0 spiro atoms. The Labute approximate surface area is 109 Å². The van der Waals surface area contributed by atoms with Gasteiger partial charge in [0.1, 0.15) is 17.7 Å². The molecule has 0 saturated carbocycles. The molecule has 3 heterocycles. The van der Waals surface area contributed by atoms with Crippen molar-refractivity contribution in [2.45, 2.75) is 6.54 Å². The van der Waals surface area contributed by atoms with Crippen molar-refractivity contribution in [2.24, 2.45) is 0 Å². The average Bonchev–Trinajstić information content (AvgIpc) is 3.08. The van der Waals surface area contributed by atoms with Crippen molar-refractivity contribution in [3.8, 4) is 35.4 Å². The zero-order valence-corrected chi connectivity index (χ0v) is 9.89. The summed E-state index contributed by atoms with van der Waals surface area (Å²) in [6.07, 6.45) is 10.2. The lowest BCUT2D eigenvalue weighted by Crippen LogP contribution is -1.96. The predicted molar refractivity (Wildman–Crippen MR) is 67.6 cm³/mol. The van der Waals surface area contributed by atoms with Crippen LogP contribution in [0, 0.1) is 12.3 Å². The van der Waals surface area contributed by atoms with Gasteiger partial charge in [-0.2, -0.15) is 4.98 Å². The van der Waals surface area contributed by atoms with E-state index in [1.807, 2.05) is 22.9 Å². The molecule has 0 radical (unpaired) electrons. The number of hydrogen-bond acceptors (Lipinski definition) is 5. The molecule has 0 aliphatic carbocycles. The second-order valence-electron chi connectivity index (χ2n) is 3.74. The predicted octanol–water partition coefficient (Wildman–Crippen LogP) is 1.63. The van der Waals surface area contributed by atoms with Crippen molar-refractivity contribution in [1.29, 1.82) is 0 Å². The van der Waals surface area contributed by atoms with E-state index in [2.05, 4.69) is 26.0 Å². The van der Waals surface area contributed by atoms with E-state index < -0.39 is 0 Å². The third kappa shape index (κ3) is 2.09. The van der Waals surface area contributed by atoms with Gasteiger partial charge in [-0.05, 0) is 18.2 Å². The molecular weight excluding hydrogens is 242 g/mol. The van der Waals surface area contributed by atoms with E-state index in [-0.39, 0.29) is 0 Å². The second-order valence-corrected chi connectivity index (χ2v) is 3.74. The van der Waals surface area contributed by atoms with Crippen LogP contribution in [0.5, 0.6) is 0 Å². The van der Waals surface area contributed by atoms with E-state index in [0.717, 1.165) is 5.69 Å². The van der Waals surface area contributed by atoms with Gasteiger partial charge in [0.2, 0.25) is 5.82 Å². The maximum Gasteiger partial charge on any atom is 0.274 e. The highest BCUT2D eigenvalue weighted by Crippen LogP contribution is 2.21. The summed E-state index contributed by atoms with van der Waals surface area (Å²) in [5, 5.41) is 3.90. The highest BCUT2D eigenvalue weighted by molar-refractivity contribution is 5.54. The fraction of sp³-hybridized carbons (Fsp3) is 0.0769. The molecule has 6 heteroatoms. The van der Waals surface area contributed by atoms with E-state index in [0.29, 0.717) is 24.0 Å². The van der Waals surface area contributed by atoms with E-state index >= 15 is 0 Å². The van der Waals surface area contributed by atoms with Gasteiger partial charge >= 0.3 is 0 Å². The van der Waals surface area contributed by atoms with Gasteiger partial charge < -0.3 is 9.09 Å². The molecular formula is C13H9N5O. The molecule has 0 bridgehead atoms. The van der Waals surface area contributed by atoms with E-state index in [9.17, 15) is 0 Å². The minimum atomic E-state index is 0.411. The molecule has 0 amide bonds. The molecule has 0 saturated heterocycles. The zero-order valence-electron chi connectivity index (χ0n) is 9.89. The zero-order chi connectivity index (χ0) is 13.1. The van der Waals surface area contributed by atoms with Crippen LogP contribution in [0.4, 0.5) is 0 Å². The largest absolute Gasteiger partial charge is 0.332 e. The van der Waals surface area contributed by atoms with Gasteiger partial charge in [0.25, 0.3) is 5.89 Å². The summed E-state index contributed by atoms with van der Waals surface area (Å²) in [6.45, 7) is 0.452. The Morgan fingerprint density at radius 2 is 2.32 bits per heavy atom. The molecule has 6 nitrogen and oxygen atoms in total. The molecule has 0 aliphatic rings. The quantitative estimate of drug-likeness (QED) is 0.662. The minimum Gasteiger partial charge on any atom is -0.332 e. The van der Waals surface area contributed by atoms with Gasteiger partial charge in [0.15, 0.2) is 0 Å². The van der Waals surface area contributed by atoms with Gasteiger partial charge in [-0.1, -0.05) is 11.1 Å². The first kappa shape index (κ1) is 11.2. The number of hydrogen-bond donors (Lipinski definition) is 0. The summed E-state index contributed by atoms with van der Waals surface area (Å²) < 4.78 is 7.10. The van der Waals surface area contributed by atoms with Gasteiger partial charge in [-0.25, -0.2) is 9.97 Å². The Bertz CT molecular complexity index is 723. The fourth-order valence-corrected chi connectivity index (χ4v) is 1.70. The van der Waals surface area contributed by atoms with Crippen LogP contribution < -0.4 is 0 Å². The molecule has 0 unspecified atom stereocenters. The molecule has 3 aromatic heterocycles. The van der Waals surface area contributed by atoms with Gasteiger partial charge in [-0.3, -0.25) is 0 Å². The number of aromatic nitrogens is 5. The van der Waals surface area contributed by atoms with Crippen LogP contribution in [0.1, 0.15) is 0 Å². The maximum absolute atomic E-state index is 5.31. The molecule has 92 valence electrons. The van der Waals surface area contributed by atoms with E-state index in [1.54, 1.807) is 12.3 Å². The normalized spacial score (nSPS) is 10.3. The van der Waals surface area contributed by atoms with Crippen molar-refractivity contribution >= 4 is 0 Å². The smallest absolute Gasteiger partial charge is 0.274 e. The third-order valence-electron chi connectivity index (χ3n) is 2.55. The number of terminal acetylenes is 1. The fourth-order valence-electron chi connectivity index (χ4n) is 1.70. The maximum atomic E-state index is 5.31. The van der Waals surface area contributed by atoms with E-state index in [1.165, 1.54) is 6.33 Å². The van der Waals surface area contributed by atoms with Crippen molar-refractivity contribution in [2.75, 3.05) is 0 Å². The van der Waals surface area contributed by atoms with Gasteiger partial charge in [0.05, 0.1) is 6.54 Å². The number of nitrogens with zero attached hydrogens (tertiary/aromatic N) is 5. The lowest BCUT2D eigenvalue weighted by atomic mass is 10.4. The molecule has 0 aliphatic heterocycles. The lowest BCUT2D eigenvalue weighted by Gasteiger charge is -1.99. The van der Waals surface area contributed by atoms with Gasteiger partial charge in [0, 0.05) is 12.4 Å². The van der Waals surface area contributed by atoms with Crippen LogP contribution in [-0.4, -0.2) is 24.7 Å². The Morgan fingerprint density at radius 3 is 3.11 bits per heavy atom. The lowest BCUT2D eigenvalue weighted by molar-refractivity contribution is 0.429. The summed E-state index contributed by atoms with van der Waals surface area (Å²) in [6, 6.07) is 5.46. The van der Waals surface area contributed by atoms with Crippen LogP contribution in [0.15, 0.2) is 41.4 Å². The molecule has 3 rings (SSSR count). The molecule has 3 aromatic rings. The summed E-state index contributed by atoms with van der Waals surface area (Å²) in [4.78, 5) is 12.2. The van der Waals surface area contributed by atoms with Crippen molar-refractivity contribution in [3.05, 3.63) is 36.9 Å². The Hall–Kier alpha value is -2.94. The van der Waals surface area contributed by atoms with Crippen LogP contribution >= 0.6 is 0 Å². The molecule has 19 heavy (non-hydrogen) atoms. The summed E-state index contributed by atoms with van der Waals surface area (Å²) in [5.41, 5.74) is 1.39. The standard InChI is InChI=1S/C13H9N5O/c1-2-7-18-8-3-4-11(18)13-16-12(17-19-13)10-5-6-14-9-15-10/h1,3-6,8-9H,7H2. The Kier molecular flexibility index (Phi) is 2.79. The van der Waals surface area contributed by atoms with Crippen LogP contribution in [0.3, 0.4) is 0 Å². The highest BCUT2D eigenvalue weighted by Gasteiger charge is 2.13. The van der Waals surface area contributed by atoms with Crippen LogP contribution in [-0.2, 0) is 6.54 Å². The average molecular weight is 251 g/mol. The third-order valence-corrected chi connectivity index (χ3v) is 2.55. The second kappa shape index (κ2) is 4.74. The summed E-state index contributed by atoms with van der Waals surface area (Å²) in [7, 11) is 0. The van der Waals surface area contributed by atoms with Crippen molar-refractivity contribution < 1.29 is 4.52 Å². The molecule has 0 N–H and O–H groups in total. The first-order valence-corrected chi connectivity index (χ1v) is 5.57. The number of rotatable bonds is 3. The monoisotopic (exact) mass is 251 g/mol. The van der Waals surface area contributed by atoms with Crippen LogP contribution in [0.2, 0.25) is 0 Å². The van der Waals surface area contributed by atoms with Crippen molar-refractivity contribution in [1.82, 2.24) is 24.7 Å². The van der Waals surface area contributed by atoms with E-state index in [4.69, 9.17) is 10.9 Å². The molecule has 0 fully saturated rings. The summed E-state index contributed by atoms with van der Waals surface area (Å²) >= 11 is 0. The SMILES string of the molecule is C#CCn1cccc1-c1nc(-c2ccncn2)no1. The first-order chi connectivity index (χ1) is 9.38. The van der Waals surface area contributed by atoms with Crippen molar-refractivity contribution in [3.63, 3.8) is 0 Å². The topological polar surface area (TPSA) is 69.6 Å². The summed E-state index contributed by atoms with van der Waals surface area (Å²) in [5.74, 6) is 3.40. The molecule has 0 atom stereocenters. The minimum absolute atomic E-state index is 0.411. The molecule has 0 aromatic carbocycles. The van der Waals surface area contributed by atoms with Gasteiger partial charge in [-0.15, -0.1) is 6.42 Å².